The molecule has 0 amide bonds. The Morgan fingerprint density at radius 2 is 1.93 bits per heavy atom. The van der Waals surface area contributed by atoms with Crippen LogP contribution in [0.1, 0.15) is 47.0 Å². The van der Waals surface area contributed by atoms with E-state index in [9.17, 15) is 0 Å². The third-order valence-electron chi connectivity index (χ3n) is 2.48. The summed E-state index contributed by atoms with van der Waals surface area (Å²) in [6.45, 7) is 9.82. The first-order valence-corrected chi connectivity index (χ1v) is 6.47. The van der Waals surface area contributed by atoms with Gasteiger partial charge in [0, 0.05) is 6.54 Å². The fourth-order valence-corrected chi connectivity index (χ4v) is 2.01. The van der Waals surface area contributed by atoms with Gasteiger partial charge in [0.2, 0.25) is 0 Å². The maximum Gasteiger partial charge on any atom is 0.00141 e. The summed E-state index contributed by atoms with van der Waals surface area (Å²) in [4.78, 5) is 1.32. The van der Waals surface area contributed by atoms with Crippen LogP contribution in [0, 0.1) is 11.8 Å². The summed E-state index contributed by atoms with van der Waals surface area (Å²) in [6, 6.07) is 0. The van der Waals surface area contributed by atoms with Crippen LogP contribution in [0.15, 0.2) is 10.5 Å². The maximum absolute atomic E-state index is 4.46. The number of hydrogen-bond donors (Lipinski definition) is 2. The zero-order chi connectivity index (χ0) is 11.8. The van der Waals surface area contributed by atoms with Gasteiger partial charge in [0.1, 0.15) is 0 Å². The van der Waals surface area contributed by atoms with Crippen molar-refractivity contribution in [2.75, 3.05) is 13.6 Å². The molecule has 2 heteroatoms. The molecule has 1 rings (SSSR count). The van der Waals surface area contributed by atoms with Crippen LogP contribution in [0.2, 0.25) is 0 Å². The molecule has 1 aliphatic carbocycles. The molecular formula is C13H27NS. The topological polar surface area (TPSA) is 12.0 Å². The van der Waals surface area contributed by atoms with E-state index in [0.717, 1.165) is 18.4 Å². The molecule has 1 atom stereocenters. The van der Waals surface area contributed by atoms with Crippen molar-refractivity contribution < 1.29 is 0 Å². The molecular weight excluding hydrogens is 202 g/mol. The first kappa shape index (κ1) is 15.0. The van der Waals surface area contributed by atoms with Crippen LogP contribution in [-0.4, -0.2) is 13.6 Å². The molecule has 0 aromatic rings. The van der Waals surface area contributed by atoms with Crippen LogP contribution in [0.5, 0.6) is 0 Å². The van der Waals surface area contributed by atoms with E-state index in [2.05, 4.69) is 45.6 Å². The first-order valence-electron chi connectivity index (χ1n) is 6.02. The van der Waals surface area contributed by atoms with Crippen LogP contribution in [0.4, 0.5) is 0 Å². The lowest BCUT2D eigenvalue weighted by atomic mass is 9.88. The molecule has 0 aliphatic heterocycles. The highest BCUT2D eigenvalue weighted by molar-refractivity contribution is 7.84. The Bertz CT molecular complexity index is 194. The average molecular weight is 229 g/mol. The van der Waals surface area contributed by atoms with Crippen molar-refractivity contribution in [1.82, 2.24) is 5.32 Å². The standard InChI is InChI=1S/C9H17NS.C4H10/c1-7-8(6-10-2)4-3-5-9(7)11;1-4(2)3/h8,10-11H,3-6H2,1-2H3;4H,1-3H3. The summed E-state index contributed by atoms with van der Waals surface area (Å²) < 4.78 is 0. The predicted molar refractivity (Wildman–Crippen MR) is 73.5 cm³/mol. The minimum Gasteiger partial charge on any atom is -0.319 e. The molecule has 0 radical (unpaired) electrons. The Kier molecular flexibility index (Phi) is 8.26. The van der Waals surface area contributed by atoms with E-state index in [-0.39, 0.29) is 0 Å². The van der Waals surface area contributed by atoms with Crippen LogP contribution in [0.3, 0.4) is 0 Å². The highest BCUT2D eigenvalue weighted by atomic mass is 32.1. The number of thiol groups is 1. The second-order valence-corrected chi connectivity index (χ2v) is 5.55. The van der Waals surface area contributed by atoms with Gasteiger partial charge in [-0.15, -0.1) is 12.6 Å². The predicted octanol–water partition coefficient (Wildman–Crippen LogP) is 3.87. The van der Waals surface area contributed by atoms with Gasteiger partial charge in [-0.25, -0.2) is 0 Å². The van der Waals surface area contributed by atoms with Gasteiger partial charge >= 0.3 is 0 Å². The van der Waals surface area contributed by atoms with Crippen molar-refractivity contribution >= 4 is 12.6 Å². The minimum absolute atomic E-state index is 0.737. The average Bonchev–Trinajstić information content (AvgIpc) is 2.12. The van der Waals surface area contributed by atoms with E-state index < -0.39 is 0 Å². The summed E-state index contributed by atoms with van der Waals surface area (Å²) in [7, 11) is 2.01. The van der Waals surface area contributed by atoms with E-state index in [4.69, 9.17) is 0 Å². The van der Waals surface area contributed by atoms with Gasteiger partial charge in [0.05, 0.1) is 0 Å². The van der Waals surface area contributed by atoms with Gasteiger partial charge in [-0.2, -0.15) is 0 Å². The summed E-state index contributed by atoms with van der Waals surface area (Å²) >= 11 is 4.46. The number of rotatable bonds is 2. The molecule has 0 bridgehead atoms. The van der Waals surface area contributed by atoms with Crippen molar-refractivity contribution in [3.63, 3.8) is 0 Å². The first-order chi connectivity index (χ1) is 6.99. The lowest BCUT2D eigenvalue weighted by Crippen LogP contribution is -2.22. The molecule has 1 aliphatic rings. The van der Waals surface area contributed by atoms with Crippen LogP contribution in [-0.2, 0) is 0 Å². The van der Waals surface area contributed by atoms with E-state index in [1.165, 1.54) is 29.7 Å². The summed E-state index contributed by atoms with van der Waals surface area (Å²) in [5, 5.41) is 3.22. The Labute approximate surface area is 101 Å². The number of hydrogen-bond acceptors (Lipinski definition) is 2. The van der Waals surface area contributed by atoms with Gasteiger partial charge in [0.25, 0.3) is 0 Å². The highest BCUT2D eigenvalue weighted by Crippen LogP contribution is 2.30. The summed E-state index contributed by atoms with van der Waals surface area (Å²) in [6.07, 6.45) is 3.83. The van der Waals surface area contributed by atoms with E-state index in [0.29, 0.717) is 0 Å². The minimum atomic E-state index is 0.737. The largest absolute Gasteiger partial charge is 0.319 e. The van der Waals surface area contributed by atoms with Gasteiger partial charge in [0.15, 0.2) is 0 Å². The molecule has 90 valence electrons. The van der Waals surface area contributed by atoms with E-state index >= 15 is 0 Å². The van der Waals surface area contributed by atoms with Gasteiger partial charge < -0.3 is 5.32 Å². The van der Waals surface area contributed by atoms with E-state index in [1.54, 1.807) is 0 Å². The lowest BCUT2D eigenvalue weighted by molar-refractivity contribution is 0.486. The fraction of sp³-hybridized carbons (Fsp3) is 0.846. The monoisotopic (exact) mass is 229 g/mol. The van der Waals surface area contributed by atoms with Crippen LogP contribution >= 0.6 is 12.6 Å². The van der Waals surface area contributed by atoms with Crippen molar-refractivity contribution in [2.45, 2.75) is 47.0 Å². The molecule has 0 aromatic carbocycles. The second kappa shape index (κ2) is 8.23. The van der Waals surface area contributed by atoms with Crippen molar-refractivity contribution in [2.24, 2.45) is 11.8 Å². The molecule has 0 saturated heterocycles. The number of nitrogens with one attached hydrogen (secondary N) is 1. The zero-order valence-corrected chi connectivity index (χ0v) is 11.8. The Morgan fingerprint density at radius 3 is 2.40 bits per heavy atom. The maximum atomic E-state index is 4.46. The molecule has 1 N–H and O–H groups in total. The molecule has 0 heterocycles. The zero-order valence-electron chi connectivity index (χ0n) is 10.9. The van der Waals surface area contributed by atoms with Gasteiger partial charge in [-0.3, -0.25) is 0 Å². The van der Waals surface area contributed by atoms with Crippen molar-refractivity contribution in [3.05, 3.63) is 10.5 Å². The second-order valence-electron chi connectivity index (χ2n) is 5.01. The molecule has 0 aromatic heterocycles. The lowest BCUT2D eigenvalue weighted by Gasteiger charge is -2.24. The molecule has 0 spiro atoms. The van der Waals surface area contributed by atoms with Crippen LogP contribution in [0.25, 0.3) is 0 Å². The molecule has 1 unspecified atom stereocenters. The van der Waals surface area contributed by atoms with E-state index in [1.807, 2.05) is 7.05 Å². The Morgan fingerprint density at radius 1 is 1.40 bits per heavy atom. The smallest absolute Gasteiger partial charge is 0.00141 e. The molecule has 15 heavy (non-hydrogen) atoms. The molecule has 0 fully saturated rings. The van der Waals surface area contributed by atoms with Crippen molar-refractivity contribution in [3.8, 4) is 0 Å². The highest BCUT2D eigenvalue weighted by Gasteiger charge is 2.16. The third kappa shape index (κ3) is 7.02. The summed E-state index contributed by atoms with van der Waals surface area (Å²) in [5.41, 5.74) is 1.49. The number of allylic oxidation sites excluding steroid dienone is 1. The van der Waals surface area contributed by atoms with Crippen LogP contribution < -0.4 is 5.32 Å². The normalized spacial score (nSPS) is 21.4. The third-order valence-corrected chi connectivity index (χ3v) is 3.06. The van der Waals surface area contributed by atoms with Gasteiger partial charge in [-0.05, 0) is 50.0 Å². The molecule has 0 saturated carbocycles. The fourth-order valence-electron chi connectivity index (χ4n) is 1.67. The Hall–Kier alpha value is 0.0500. The molecule has 1 nitrogen and oxygen atoms in total. The summed E-state index contributed by atoms with van der Waals surface area (Å²) in [5.74, 6) is 1.57. The Balaban J connectivity index is 0.000000423. The SMILES string of the molecule is CC(C)C.CNCC1CCCC(S)=C1C. The van der Waals surface area contributed by atoms with Crippen molar-refractivity contribution in [1.29, 1.82) is 0 Å². The quantitative estimate of drug-likeness (QED) is 0.685. The van der Waals surface area contributed by atoms with Gasteiger partial charge in [-0.1, -0.05) is 26.3 Å².